The van der Waals surface area contributed by atoms with E-state index in [4.69, 9.17) is 9.72 Å². The molecule has 23 heavy (non-hydrogen) atoms. The lowest BCUT2D eigenvalue weighted by atomic mass is 10.1. The third-order valence-electron chi connectivity index (χ3n) is 3.75. The van der Waals surface area contributed by atoms with Crippen LogP contribution in [0, 0.1) is 0 Å². The van der Waals surface area contributed by atoms with E-state index in [-0.39, 0.29) is 0 Å². The maximum atomic E-state index is 5.19. The summed E-state index contributed by atoms with van der Waals surface area (Å²) in [4.78, 5) is 6.86. The summed E-state index contributed by atoms with van der Waals surface area (Å²) in [5.74, 6) is 0.884. The van der Waals surface area contributed by atoms with Crippen LogP contribution in [0.25, 0.3) is 11.3 Å². The molecule has 118 valence electrons. The van der Waals surface area contributed by atoms with Gasteiger partial charge in [-0.3, -0.25) is 0 Å². The van der Waals surface area contributed by atoms with Gasteiger partial charge in [-0.2, -0.15) is 0 Å². The Labute approximate surface area is 141 Å². The zero-order valence-corrected chi connectivity index (χ0v) is 14.4. The zero-order valence-electron chi connectivity index (χ0n) is 13.6. The molecule has 0 aliphatic carbocycles. The van der Waals surface area contributed by atoms with E-state index >= 15 is 0 Å². The van der Waals surface area contributed by atoms with Crippen LogP contribution in [0.4, 0.5) is 5.69 Å². The molecule has 0 atom stereocenters. The molecule has 1 aromatic heterocycles. The Morgan fingerprint density at radius 3 is 2.30 bits per heavy atom. The molecule has 0 fully saturated rings. The average molecular weight is 324 g/mol. The van der Waals surface area contributed by atoms with Gasteiger partial charge in [-0.1, -0.05) is 24.3 Å². The first-order chi connectivity index (χ1) is 11.2. The summed E-state index contributed by atoms with van der Waals surface area (Å²) in [6.07, 6.45) is 0.852. The SMILES string of the molecule is COc1ccc(Cc2nc(-c3ccc(N(C)C)cc3)cs2)cc1. The quantitative estimate of drug-likeness (QED) is 0.692. The Hall–Kier alpha value is -2.33. The number of ether oxygens (including phenoxy) is 1. The van der Waals surface area contributed by atoms with Crippen molar-refractivity contribution in [2.24, 2.45) is 0 Å². The molecule has 0 saturated heterocycles. The molecule has 0 N–H and O–H groups in total. The molecule has 0 radical (unpaired) electrons. The molecule has 2 aromatic carbocycles. The third kappa shape index (κ3) is 3.71. The minimum absolute atomic E-state index is 0.852. The van der Waals surface area contributed by atoms with Crippen molar-refractivity contribution in [3.8, 4) is 17.0 Å². The van der Waals surface area contributed by atoms with Gasteiger partial charge in [-0.15, -0.1) is 11.3 Å². The number of thiazole rings is 1. The number of methoxy groups -OCH3 is 1. The molecule has 3 rings (SSSR count). The average Bonchev–Trinajstić information content (AvgIpc) is 3.04. The summed E-state index contributed by atoms with van der Waals surface area (Å²) in [5, 5.41) is 3.26. The van der Waals surface area contributed by atoms with E-state index in [2.05, 4.69) is 46.7 Å². The van der Waals surface area contributed by atoms with Crippen LogP contribution >= 0.6 is 11.3 Å². The van der Waals surface area contributed by atoms with Gasteiger partial charge in [0.15, 0.2) is 0 Å². The molecule has 0 amide bonds. The smallest absolute Gasteiger partial charge is 0.118 e. The van der Waals surface area contributed by atoms with Crippen LogP contribution in [0.1, 0.15) is 10.6 Å². The number of benzene rings is 2. The van der Waals surface area contributed by atoms with E-state index in [1.807, 2.05) is 26.2 Å². The molecule has 0 bridgehead atoms. The van der Waals surface area contributed by atoms with Gasteiger partial charge in [0, 0.05) is 37.1 Å². The van der Waals surface area contributed by atoms with Crippen molar-refractivity contribution in [1.82, 2.24) is 4.98 Å². The normalized spacial score (nSPS) is 10.6. The van der Waals surface area contributed by atoms with E-state index in [0.717, 1.165) is 28.4 Å². The van der Waals surface area contributed by atoms with Crippen molar-refractivity contribution in [2.45, 2.75) is 6.42 Å². The van der Waals surface area contributed by atoms with Gasteiger partial charge in [0.05, 0.1) is 17.8 Å². The van der Waals surface area contributed by atoms with E-state index in [1.165, 1.54) is 11.3 Å². The molecule has 0 saturated carbocycles. The first-order valence-corrected chi connectivity index (χ1v) is 8.39. The Morgan fingerprint density at radius 2 is 1.70 bits per heavy atom. The molecular weight excluding hydrogens is 304 g/mol. The van der Waals surface area contributed by atoms with Crippen LogP contribution in [0.15, 0.2) is 53.9 Å². The van der Waals surface area contributed by atoms with Gasteiger partial charge >= 0.3 is 0 Å². The molecular formula is C19H20N2OS. The van der Waals surface area contributed by atoms with Gasteiger partial charge in [-0.05, 0) is 29.8 Å². The van der Waals surface area contributed by atoms with Crippen LogP contribution in [-0.2, 0) is 6.42 Å². The number of hydrogen-bond acceptors (Lipinski definition) is 4. The summed E-state index contributed by atoms with van der Waals surface area (Å²) >= 11 is 1.71. The molecule has 1 heterocycles. The van der Waals surface area contributed by atoms with Crippen LogP contribution in [0.2, 0.25) is 0 Å². The Kier molecular flexibility index (Phi) is 4.63. The second-order valence-corrected chi connectivity index (χ2v) is 6.54. The van der Waals surface area contributed by atoms with Crippen LogP contribution in [0.3, 0.4) is 0 Å². The summed E-state index contributed by atoms with van der Waals surface area (Å²) in [7, 11) is 5.78. The number of hydrogen-bond donors (Lipinski definition) is 0. The fourth-order valence-electron chi connectivity index (χ4n) is 2.37. The highest BCUT2D eigenvalue weighted by Crippen LogP contribution is 2.25. The molecule has 4 heteroatoms. The zero-order chi connectivity index (χ0) is 16.2. The van der Waals surface area contributed by atoms with Crippen LogP contribution < -0.4 is 9.64 Å². The van der Waals surface area contributed by atoms with E-state index in [9.17, 15) is 0 Å². The highest BCUT2D eigenvalue weighted by molar-refractivity contribution is 7.10. The monoisotopic (exact) mass is 324 g/mol. The maximum absolute atomic E-state index is 5.19. The lowest BCUT2D eigenvalue weighted by Crippen LogP contribution is -2.07. The largest absolute Gasteiger partial charge is 0.497 e. The van der Waals surface area contributed by atoms with Gasteiger partial charge in [-0.25, -0.2) is 4.98 Å². The fraction of sp³-hybridized carbons (Fsp3) is 0.211. The third-order valence-corrected chi connectivity index (χ3v) is 4.59. The lowest BCUT2D eigenvalue weighted by molar-refractivity contribution is 0.414. The topological polar surface area (TPSA) is 25.4 Å². The molecule has 0 unspecified atom stereocenters. The summed E-state index contributed by atoms with van der Waals surface area (Å²) < 4.78 is 5.19. The summed E-state index contributed by atoms with van der Waals surface area (Å²) in [6, 6.07) is 16.7. The molecule has 3 nitrogen and oxygen atoms in total. The molecule has 0 aliphatic heterocycles. The van der Waals surface area contributed by atoms with Crippen molar-refractivity contribution in [2.75, 3.05) is 26.1 Å². The summed E-state index contributed by atoms with van der Waals surface area (Å²) in [6.45, 7) is 0. The van der Waals surface area contributed by atoms with Crippen molar-refractivity contribution in [3.05, 3.63) is 64.5 Å². The predicted octanol–water partition coefficient (Wildman–Crippen LogP) is 4.48. The Morgan fingerprint density at radius 1 is 1.00 bits per heavy atom. The van der Waals surface area contributed by atoms with Crippen molar-refractivity contribution in [3.63, 3.8) is 0 Å². The minimum atomic E-state index is 0.852. The minimum Gasteiger partial charge on any atom is -0.497 e. The second-order valence-electron chi connectivity index (χ2n) is 5.59. The molecule has 0 spiro atoms. The Bertz CT molecular complexity index is 761. The maximum Gasteiger partial charge on any atom is 0.118 e. The van der Waals surface area contributed by atoms with E-state index < -0.39 is 0 Å². The van der Waals surface area contributed by atoms with Crippen molar-refractivity contribution >= 4 is 17.0 Å². The number of anilines is 1. The molecule has 3 aromatic rings. The van der Waals surface area contributed by atoms with Crippen LogP contribution in [-0.4, -0.2) is 26.2 Å². The first-order valence-electron chi connectivity index (χ1n) is 7.51. The fourth-order valence-corrected chi connectivity index (χ4v) is 3.21. The van der Waals surface area contributed by atoms with Gasteiger partial charge < -0.3 is 9.64 Å². The highest BCUT2D eigenvalue weighted by atomic mass is 32.1. The van der Waals surface area contributed by atoms with Crippen LogP contribution in [0.5, 0.6) is 5.75 Å². The second kappa shape index (κ2) is 6.84. The van der Waals surface area contributed by atoms with Gasteiger partial charge in [0.2, 0.25) is 0 Å². The predicted molar refractivity (Wildman–Crippen MR) is 97.7 cm³/mol. The highest BCUT2D eigenvalue weighted by Gasteiger charge is 2.06. The van der Waals surface area contributed by atoms with Gasteiger partial charge in [0.1, 0.15) is 5.75 Å². The first kappa shape index (κ1) is 15.6. The van der Waals surface area contributed by atoms with Crippen molar-refractivity contribution < 1.29 is 4.74 Å². The van der Waals surface area contributed by atoms with Gasteiger partial charge in [0.25, 0.3) is 0 Å². The molecule has 0 aliphatic rings. The van der Waals surface area contributed by atoms with Crippen molar-refractivity contribution in [1.29, 1.82) is 0 Å². The lowest BCUT2D eigenvalue weighted by Gasteiger charge is -2.12. The number of nitrogens with zero attached hydrogens (tertiary/aromatic N) is 2. The van der Waals surface area contributed by atoms with E-state index in [0.29, 0.717) is 0 Å². The number of aromatic nitrogens is 1. The number of rotatable bonds is 5. The Balaban J connectivity index is 1.74. The van der Waals surface area contributed by atoms with E-state index in [1.54, 1.807) is 18.4 Å². The summed E-state index contributed by atoms with van der Waals surface area (Å²) in [5.41, 5.74) is 4.65. The standard InChI is InChI=1S/C19H20N2OS/c1-21(2)16-8-6-15(7-9-16)18-13-23-19(20-18)12-14-4-10-17(22-3)11-5-14/h4-11,13H,12H2,1-3H3.